The highest BCUT2D eigenvalue weighted by molar-refractivity contribution is 7.96. The Morgan fingerprint density at radius 2 is 1.85 bits per heavy atom. The van der Waals surface area contributed by atoms with Crippen LogP contribution in [-0.4, -0.2) is 39.6 Å². The third-order valence-corrected chi connectivity index (χ3v) is 9.61. The van der Waals surface area contributed by atoms with Crippen molar-refractivity contribution >= 4 is 19.7 Å². The summed E-state index contributed by atoms with van der Waals surface area (Å²) in [5, 5.41) is 2.09. The van der Waals surface area contributed by atoms with Gasteiger partial charge in [0.1, 0.15) is 5.76 Å². The highest BCUT2D eigenvalue weighted by Crippen LogP contribution is 2.30. The lowest BCUT2D eigenvalue weighted by Crippen LogP contribution is -2.43. The van der Waals surface area contributed by atoms with Crippen LogP contribution in [-0.2, 0) is 39.1 Å². The maximum absolute atomic E-state index is 13.3. The molecule has 0 bridgehead atoms. The molecule has 2 aliphatic rings. The molecule has 27 heavy (non-hydrogen) atoms. The van der Waals surface area contributed by atoms with E-state index in [1.165, 1.54) is 11.8 Å². The fourth-order valence-electron chi connectivity index (χ4n) is 4.02. The molecule has 4 rings (SSSR count). The molecule has 0 radical (unpaired) electrons. The Morgan fingerprint density at radius 3 is 2.59 bits per heavy atom. The van der Waals surface area contributed by atoms with Crippen LogP contribution in [0.4, 0.5) is 0 Å². The van der Waals surface area contributed by atoms with Gasteiger partial charge in [0.25, 0.3) is 0 Å². The van der Waals surface area contributed by atoms with E-state index in [1.807, 2.05) is 6.07 Å². The van der Waals surface area contributed by atoms with Gasteiger partial charge in [-0.2, -0.15) is 0 Å². The van der Waals surface area contributed by atoms with Crippen molar-refractivity contribution in [1.82, 2.24) is 5.32 Å². The van der Waals surface area contributed by atoms with Gasteiger partial charge in [-0.1, -0.05) is 6.07 Å². The van der Waals surface area contributed by atoms with Crippen LogP contribution in [0.1, 0.15) is 29.7 Å². The van der Waals surface area contributed by atoms with E-state index < -0.39 is 31.0 Å². The monoisotopic (exact) mass is 409 g/mol. The van der Waals surface area contributed by atoms with Crippen LogP contribution in [0.2, 0.25) is 0 Å². The number of aryl methyl sites for hydroxylation is 2. The number of fused-ring (bicyclic) bond motifs is 1. The molecule has 146 valence electrons. The first-order valence-corrected chi connectivity index (χ1v) is 12.5. The van der Waals surface area contributed by atoms with Crippen molar-refractivity contribution in [2.45, 2.75) is 48.4 Å². The lowest BCUT2D eigenvalue weighted by Gasteiger charge is -2.21. The first-order valence-electron chi connectivity index (χ1n) is 9.17. The fourth-order valence-corrected chi connectivity index (χ4v) is 8.78. The summed E-state index contributed by atoms with van der Waals surface area (Å²) in [6, 6.07) is 8.12. The van der Waals surface area contributed by atoms with Crippen LogP contribution in [0.25, 0.3) is 0 Å². The van der Waals surface area contributed by atoms with Crippen LogP contribution in [0, 0.1) is 0 Å². The van der Waals surface area contributed by atoms with Crippen LogP contribution >= 0.6 is 0 Å². The zero-order valence-corrected chi connectivity index (χ0v) is 16.6. The Morgan fingerprint density at radius 1 is 1.07 bits per heavy atom. The van der Waals surface area contributed by atoms with Crippen molar-refractivity contribution in [2.75, 3.05) is 11.5 Å². The minimum atomic E-state index is -3.76. The second-order valence-electron chi connectivity index (χ2n) is 7.36. The molecule has 1 fully saturated rings. The second kappa shape index (κ2) is 7.07. The maximum atomic E-state index is 13.3. The van der Waals surface area contributed by atoms with Gasteiger partial charge < -0.3 is 9.73 Å². The molecule has 0 saturated carbocycles. The molecule has 1 aromatic carbocycles. The van der Waals surface area contributed by atoms with E-state index in [0.717, 1.165) is 31.2 Å². The number of hydrogen-bond acceptors (Lipinski definition) is 6. The number of sulfone groups is 2. The standard InChI is InChI=1S/C19H23NO5S2/c21-26(22)12-18(20-11-16-6-3-9-25-16)19(13-26)27(23,24)17-8-7-14-4-1-2-5-15(14)10-17/h3,6-10,18-20H,1-2,4-5,11-13H2/t18-,19-/m0/s1. The average molecular weight is 410 g/mol. The molecule has 0 amide bonds. The molecule has 1 saturated heterocycles. The molecular weight excluding hydrogens is 386 g/mol. The minimum Gasteiger partial charge on any atom is -0.468 e. The van der Waals surface area contributed by atoms with Gasteiger partial charge in [-0.3, -0.25) is 0 Å². The Kier molecular flexibility index (Phi) is 4.90. The predicted octanol–water partition coefficient (Wildman–Crippen LogP) is 1.89. The second-order valence-corrected chi connectivity index (χ2v) is 11.7. The van der Waals surface area contributed by atoms with Crippen molar-refractivity contribution in [2.24, 2.45) is 0 Å². The van der Waals surface area contributed by atoms with E-state index >= 15 is 0 Å². The van der Waals surface area contributed by atoms with Gasteiger partial charge in [-0.15, -0.1) is 0 Å². The summed E-state index contributed by atoms with van der Waals surface area (Å²) in [6.07, 6.45) is 5.56. The zero-order chi connectivity index (χ0) is 19.1. The highest BCUT2D eigenvalue weighted by atomic mass is 32.2. The molecule has 8 heteroatoms. The van der Waals surface area contributed by atoms with Crippen LogP contribution in [0.3, 0.4) is 0 Å². The first kappa shape index (κ1) is 18.7. The molecule has 6 nitrogen and oxygen atoms in total. The predicted molar refractivity (Wildman–Crippen MR) is 102 cm³/mol. The van der Waals surface area contributed by atoms with Gasteiger partial charge >= 0.3 is 0 Å². The lowest BCUT2D eigenvalue weighted by atomic mass is 9.92. The summed E-state index contributed by atoms with van der Waals surface area (Å²) >= 11 is 0. The van der Waals surface area contributed by atoms with Crippen molar-refractivity contribution in [3.63, 3.8) is 0 Å². The molecule has 1 aliphatic heterocycles. The number of furan rings is 1. The van der Waals surface area contributed by atoms with Crippen molar-refractivity contribution in [3.05, 3.63) is 53.5 Å². The number of nitrogens with one attached hydrogen (secondary N) is 1. The van der Waals surface area contributed by atoms with Gasteiger partial charge in [-0.25, -0.2) is 16.8 Å². The topological polar surface area (TPSA) is 93.4 Å². The minimum absolute atomic E-state index is 0.178. The van der Waals surface area contributed by atoms with Crippen molar-refractivity contribution < 1.29 is 21.3 Å². The summed E-state index contributed by atoms with van der Waals surface area (Å²) in [5.74, 6) is 0.120. The molecule has 1 aromatic heterocycles. The molecule has 2 atom stereocenters. The molecule has 2 aromatic rings. The van der Waals surface area contributed by atoms with Gasteiger partial charge in [0.05, 0.1) is 34.5 Å². The summed E-state index contributed by atoms with van der Waals surface area (Å²) in [4.78, 5) is 0.232. The summed E-state index contributed by atoms with van der Waals surface area (Å²) in [7, 11) is -7.17. The number of rotatable bonds is 5. The summed E-state index contributed by atoms with van der Waals surface area (Å²) in [6.45, 7) is 0.295. The Labute approximate surface area is 159 Å². The molecule has 0 unspecified atom stereocenters. The largest absolute Gasteiger partial charge is 0.468 e. The Balaban J connectivity index is 1.61. The highest BCUT2D eigenvalue weighted by Gasteiger charge is 2.45. The van der Waals surface area contributed by atoms with E-state index in [4.69, 9.17) is 4.42 Å². The molecule has 2 heterocycles. The third kappa shape index (κ3) is 3.83. The van der Waals surface area contributed by atoms with Crippen LogP contribution < -0.4 is 5.32 Å². The van der Waals surface area contributed by atoms with E-state index in [2.05, 4.69) is 5.32 Å². The van der Waals surface area contributed by atoms with Gasteiger partial charge in [0.2, 0.25) is 0 Å². The van der Waals surface area contributed by atoms with Gasteiger partial charge in [-0.05, 0) is 61.1 Å². The Hall–Kier alpha value is -1.64. The lowest BCUT2D eigenvalue weighted by molar-refractivity contribution is 0.454. The van der Waals surface area contributed by atoms with E-state index in [-0.39, 0.29) is 16.4 Å². The molecule has 1 N–H and O–H groups in total. The van der Waals surface area contributed by atoms with Gasteiger partial charge in [0.15, 0.2) is 19.7 Å². The van der Waals surface area contributed by atoms with Crippen molar-refractivity contribution in [1.29, 1.82) is 0 Å². The summed E-state index contributed by atoms with van der Waals surface area (Å²) in [5.41, 5.74) is 2.27. The van der Waals surface area contributed by atoms with E-state index in [9.17, 15) is 16.8 Å². The fraction of sp³-hybridized carbons (Fsp3) is 0.474. The number of benzene rings is 1. The summed E-state index contributed by atoms with van der Waals surface area (Å²) < 4.78 is 56.1. The molecular formula is C19H23NO5S2. The SMILES string of the molecule is O=S1(=O)C[C@H](NCc2ccco2)[C@@H](S(=O)(=O)c2ccc3c(c2)CCCC3)C1. The average Bonchev–Trinajstić information content (AvgIpc) is 3.26. The van der Waals surface area contributed by atoms with Gasteiger partial charge in [0, 0.05) is 6.04 Å². The van der Waals surface area contributed by atoms with E-state index in [1.54, 1.807) is 24.3 Å². The molecule has 1 aliphatic carbocycles. The van der Waals surface area contributed by atoms with Crippen LogP contribution in [0.15, 0.2) is 45.9 Å². The first-order chi connectivity index (χ1) is 12.9. The smallest absolute Gasteiger partial charge is 0.183 e. The molecule has 0 spiro atoms. The van der Waals surface area contributed by atoms with Crippen molar-refractivity contribution in [3.8, 4) is 0 Å². The maximum Gasteiger partial charge on any atom is 0.183 e. The zero-order valence-electron chi connectivity index (χ0n) is 14.9. The third-order valence-electron chi connectivity index (χ3n) is 5.47. The number of hydrogen-bond donors (Lipinski definition) is 1. The van der Waals surface area contributed by atoms with E-state index in [0.29, 0.717) is 12.3 Å². The normalized spacial score (nSPS) is 24.6. The Bertz CT molecular complexity index is 1030. The van der Waals surface area contributed by atoms with Crippen LogP contribution in [0.5, 0.6) is 0 Å². The quantitative estimate of drug-likeness (QED) is 0.811.